The molecule has 0 amide bonds. The molecule has 4 rings (SSSR count). The third-order valence-corrected chi connectivity index (χ3v) is 6.04. The van der Waals surface area contributed by atoms with E-state index in [2.05, 4.69) is 25.1 Å². The van der Waals surface area contributed by atoms with Gasteiger partial charge in [0, 0.05) is 17.5 Å². The first-order chi connectivity index (χ1) is 14.6. The molecular formula is C27H25F2N. The third-order valence-electron chi connectivity index (χ3n) is 6.04. The van der Waals surface area contributed by atoms with Gasteiger partial charge in [-0.3, -0.25) is 0 Å². The van der Waals surface area contributed by atoms with Crippen LogP contribution in [0.15, 0.2) is 48.5 Å². The van der Waals surface area contributed by atoms with E-state index in [0.717, 1.165) is 23.1 Å². The highest BCUT2D eigenvalue weighted by Gasteiger charge is 2.24. The van der Waals surface area contributed by atoms with Gasteiger partial charge in [-0.25, -0.2) is 8.78 Å². The fourth-order valence-corrected chi connectivity index (χ4v) is 4.38. The van der Waals surface area contributed by atoms with Crippen LogP contribution in [0.4, 0.5) is 8.78 Å². The Kier molecular flexibility index (Phi) is 5.95. The monoisotopic (exact) mass is 401 g/mol. The molecule has 0 bridgehead atoms. The van der Waals surface area contributed by atoms with Crippen LogP contribution in [0.2, 0.25) is 0 Å². The fourth-order valence-electron chi connectivity index (χ4n) is 4.38. The molecule has 30 heavy (non-hydrogen) atoms. The van der Waals surface area contributed by atoms with E-state index < -0.39 is 5.82 Å². The van der Waals surface area contributed by atoms with E-state index in [1.54, 1.807) is 18.2 Å². The average Bonchev–Trinajstić information content (AvgIpc) is 3.13. The average molecular weight is 402 g/mol. The predicted octanol–water partition coefficient (Wildman–Crippen LogP) is 7.59. The molecule has 3 aromatic carbocycles. The number of hydrogen-bond acceptors (Lipinski definition) is 1. The highest BCUT2D eigenvalue weighted by Crippen LogP contribution is 2.41. The minimum absolute atomic E-state index is 0.0325. The maximum absolute atomic E-state index is 15.4. The topological polar surface area (TPSA) is 23.8 Å². The summed E-state index contributed by atoms with van der Waals surface area (Å²) < 4.78 is 29.4. The molecule has 0 atom stereocenters. The normalized spacial score (nSPS) is 11.8. The number of hydrogen-bond donors (Lipinski definition) is 0. The summed E-state index contributed by atoms with van der Waals surface area (Å²) in [6, 6.07) is 16.2. The maximum Gasteiger partial charge on any atom is 0.141 e. The lowest BCUT2D eigenvalue weighted by Gasteiger charge is -2.09. The van der Waals surface area contributed by atoms with Crippen molar-refractivity contribution in [3.05, 3.63) is 82.4 Å². The molecule has 0 aromatic heterocycles. The number of aryl methyl sites for hydroxylation is 1. The second kappa shape index (κ2) is 8.79. The Bertz CT molecular complexity index is 1120. The van der Waals surface area contributed by atoms with Gasteiger partial charge in [-0.15, -0.1) is 0 Å². The van der Waals surface area contributed by atoms with Crippen molar-refractivity contribution >= 4 is 0 Å². The first-order valence-corrected chi connectivity index (χ1v) is 10.8. The van der Waals surface area contributed by atoms with E-state index in [9.17, 15) is 4.39 Å². The zero-order valence-corrected chi connectivity index (χ0v) is 17.3. The molecule has 1 aliphatic rings. The van der Waals surface area contributed by atoms with Crippen molar-refractivity contribution < 1.29 is 8.78 Å². The highest BCUT2D eigenvalue weighted by atomic mass is 19.1. The minimum Gasteiger partial charge on any atom is -0.206 e. The quantitative estimate of drug-likeness (QED) is 0.293. The van der Waals surface area contributed by atoms with E-state index >= 15 is 4.39 Å². The minimum atomic E-state index is -0.623. The SMILES string of the molecule is CCCCCCCc1ccc2c(c1)Cc1c-2ccc(-c2ccc(C#N)c(F)c2)c1F. The Morgan fingerprint density at radius 2 is 1.63 bits per heavy atom. The zero-order valence-electron chi connectivity index (χ0n) is 17.3. The van der Waals surface area contributed by atoms with Crippen molar-refractivity contribution in [3.63, 3.8) is 0 Å². The third kappa shape index (κ3) is 3.87. The summed E-state index contributed by atoms with van der Waals surface area (Å²) in [7, 11) is 0. The highest BCUT2D eigenvalue weighted by molar-refractivity contribution is 5.81. The van der Waals surface area contributed by atoms with Crippen LogP contribution in [0.5, 0.6) is 0 Å². The lowest BCUT2D eigenvalue weighted by Crippen LogP contribution is -1.94. The van der Waals surface area contributed by atoms with Gasteiger partial charge in [-0.2, -0.15) is 5.26 Å². The summed E-state index contributed by atoms with van der Waals surface area (Å²) in [5.74, 6) is -0.921. The molecule has 0 spiro atoms. The molecule has 0 saturated heterocycles. The van der Waals surface area contributed by atoms with Crippen LogP contribution < -0.4 is 0 Å². The number of halogens is 2. The van der Waals surface area contributed by atoms with Crippen LogP contribution >= 0.6 is 0 Å². The van der Waals surface area contributed by atoms with E-state index in [1.807, 2.05) is 6.07 Å². The lowest BCUT2D eigenvalue weighted by molar-refractivity contribution is 0.616. The van der Waals surface area contributed by atoms with Gasteiger partial charge in [-0.1, -0.05) is 69.0 Å². The summed E-state index contributed by atoms with van der Waals surface area (Å²) in [6.07, 6.45) is 7.90. The molecule has 3 aromatic rings. The van der Waals surface area contributed by atoms with Crippen LogP contribution in [0.1, 0.15) is 61.3 Å². The number of fused-ring (bicyclic) bond motifs is 3. The molecule has 3 heteroatoms. The van der Waals surface area contributed by atoms with Gasteiger partial charge in [0.15, 0.2) is 0 Å². The van der Waals surface area contributed by atoms with Crippen molar-refractivity contribution in [1.82, 2.24) is 0 Å². The lowest BCUT2D eigenvalue weighted by atomic mass is 9.97. The molecule has 0 N–H and O–H groups in total. The van der Waals surface area contributed by atoms with Gasteiger partial charge in [-0.05, 0) is 52.8 Å². The van der Waals surface area contributed by atoms with Crippen LogP contribution in [0.25, 0.3) is 22.3 Å². The number of nitriles is 1. The van der Waals surface area contributed by atoms with Crippen molar-refractivity contribution in [2.75, 3.05) is 0 Å². The van der Waals surface area contributed by atoms with E-state index in [-0.39, 0.29) is 11.4 Å². The molecule has 1 aliphatic carbocycles. The molecule has 0 unspecified atom stereocenters. The van der Waals surface area contributed by atoms with Crippen LogP contribution in [0.3, 0.4) is 0 Å². The summed E-state index contributed by atoms with van der Waals surface area (Å²) in [5, 5.41) is 8.91. The summed E-state index contributed by atoms with van der Waals surface area (Å²) in [5.41, 5.74) is 5.97. The van der Waals surface area contributed by atoms with Crippen molar-refractivity contribution in [1.29, 1.82) is 5.26 Å². The smallest absolute Gasteiger partial charge is 0.141 e. The number of nitrogens with zero attached hydrogens (tertiary/aromatic N) is 1. The van der Waals surface area contributed by atoms with Crippen molar-refractivity contribution in [3.8, 4) is 28.3 Å². The molecule has 152 valence electrons. The Labute approximate surface area is 177 Å². The zero-order chi connectivity index (χ0) is 21.1. The molecular weight excluding hydrogens is 376 g/mol. The maximum atomic E-state index is 15.4. The number of benzene rings is 3. The van der Waals surface area contributed by atoms with Gasteiger partial charge < -0.3 is 0 Å². The molecule has 1 nitrogen and oxygen atoms in total. The predicted molar refractivity (Wildman–Crippen MR) is 117 cm³/mol. The largest absolute Gasteiger partial charge is 0.206 e. The molecule has 0 fully saturated rings. The summed E-state index contributed by atoms with van der Waals surface area (Å²) in [6.45, 7) is 2.22. The number of unbranched alkanes of at least 4 members (excludes halogenated alkanes) is 4. The Hall–Kier alpha value is -2.99. The fraction of sp³-hybridized carbons (Fsp3) is 0.296. The van der Waals surface area contributed by atoms with Crippen LogP contribution in [-0.2, 0) is 12.8 Å². The second-order valence-electron chi connectivity index (χ2n) is 8.09. The number of rotatable bonds is 7. The molecule has 0 saturated carbocycles. The van der Waals surface area contributed by atoms with Gasteiger partial charge in [0.25, 0.3) is 0 Å². The van der Waals surface area contributed by atoms with Gasteiger partial charge in [0.1, 0.15) is 17.7 Å². The first kappa shape index (κ1) is 20.3. The second-order valence-corrected chi connectivity index (χ2v) is 8.09. The van der Waals surface area contributed by atoms with Crippen LogP contribution in [0, 0.1) is 23.0 Å². The summed E-state index contributed by atoms with van der Waals surface area (Å²) >= 11 is 0. The standard InChI is InChI=1S/C27H25F2N/c1-2-3-4-5-6-7-18-8-11-22-21(14-18)15-25-24(22)13-12-23(27(25)29)19-9-10-20(17-30)26(28)16-19/h8-14,16H,2-7,15H2,1H3. The van der Waals surface area contributed by atoms with Crippen LogP contribution in [-0.4, -0.2) is 0 Å². The van der Waals surface area contributed by atoms with E-state index in [1.165, 1.54) is 49.8 Å². The van der Waals surface area contributed by atoms with E-state index in [0.29, 0.717) is 23.1 Å². The molecule has 0 radical (unpaired) electrons. The van der Waals surface area contributed by atoms with Crippen molar-refractivity contribution in [2.45, 2.75) is 51.9 Å². The molecule has 0 aliphatic heterocycles. The first-order valence-electron chi connectivity index (χ1n) is 10.8. The van der Waals surface area contributed by atoms with Crippen molar-refractivity contribution in [2.24, 2.45) is 0 Å². The Morgan fingerprint density at radius 3 is 2.40 bits per heavy atom. The Morgan fingerprint density at radius 1 is 0.867 bits per heavy atom. The van der Waals surface area contributed by atoms with Gasteiger partial charge >= 0.3 is 0 Å². The van der Waals surface area contributed by atoms with Gasteiger partial charge in [0.05, 0.1) is 5.56 Å². The summed E-state index contributed by atoms with van der Waals surface area (Å²) in [4.78, 5) is 0. The van der Waals surface area contributed by atoms with E-state index in [4.69, 9.17) is 5.26 Å². The Balaban J connectivity index is 1.57. The molecule has 0 heterocycles. The van der Waals surface area contributed by atoms with Gasteiger partial charge in [0.2, 0.25) is 0 Å².